The summed E-state index contributed by atoms with van der Waals surface area (Å²) in [4.78, 5) is 7.61. The van der Waals surface area contributed by atoms with Gasteiger partial charge in [0.1, 0.15) is 0 Å². The predicted octanol–water partition coefficient (Wildman–Crippen LogP) is 2.14. The Morgan fingerprint density at radius 3 is 2.76 bits per heavy atom. The third-order valence-corrected chi connectivity index (χ3v) is 2.71. The molecule has 96 valence electrons. The number of nitrogens with one attached hydrogen (secondary N) is 2. The standard InChI is InChI=1S/C11H20FN5/c1-4-7(2)5-8(3)15-10-9(12)6-14-11(16-10)17-13/h6-8H,4-5,13H2,1-3H3,(H2,14,15,16,17). The van der Waals surface area contributed by atoms with Crippen molar-refractivity contribution in [3.8, 4) is 0 Å². The molecule has 1 aromatic heterocycles. The van der Waals surface area contributed by atoms with Gasteiger partial charge in [0, 0.05) is 6.04 Å². The van der Waals surface area contributed by atoms with Gasteiger partial charge in [0.25, 0.3) is 0 Å². The van der Waals surface area contributed by atoms with Crippen LogP contribution in [0.25, 0.3) is 0 Å². The molecule has 5 nitrogen and oxygen atoms in total. The Morgan fingerprint density at radius 2 is 2.18 bits per heavy atom. The highest BCUT2D eigenvalue weighted by molar-refractivity contribution is 5.41. The van der Waals surface area contributed by atoms with Gasteiger partial charge < -0.3 is 5.32 Å². The normalized spacial score (nSPS) is 14.2. The van der Waals surface area contributed by atoms with Crippen molar-refractivity contribution in [1.29, 1.82) is 0 Å². The number of hydrogen-bond donors (Lipinski definition) is 3. The van der Waals surface area contributed by atoms with E-state index in [4.69, 9.17) is 5.84 Å². The number of halogens is 1. The van der Waals surface area contributed by atoms with E-state index < -0.39 is 5.82 Å². The van der Waals surface area contributed by atoms with E-state index in [-0.39, 0.29) is 17.8 Å². The topological polar surface area (TPSA) is 75.9 Å². The molecule has 1 rings (SSSR count). The second-order valence-electron chi connectivity index (χ2n) is 4.33. The van der Waals surface area contributed by atoms with Crippen molar-refractivity contribution in [3.63, 3.8) is 0 Å². The van der Waals surface area contributed by atoms with Crippen LogP contribution in [0.1, 0.15) is 33.6 Å². The second kappa shape index (κ2) is 6.34. The summed E-state index contributed by atoms with van der Waals surface area (Å²) < 4.78 is 13.4. The molecule has 0 spiro atoms. The van der Waals surface area contributed by atoms with Crippen LogP contribution < -0.4 is 16.6 Å². The molecule has 4 N–H and O–H groups in total. The van der Waals surface area contributed by atoms with Crippen LogP contribution in [-0.4, -0.2) is 16.0 Å². The van der Waals surface area contributed by atoms with E-state index in [1.165, 1.54) is 0 Å². The van der Waals surface area contributed by atoms with Gasteiger partial charge in [-0.2, -0.15) is 4.98 Å². The summed E-state index contributed by atoms with van der Waals surface area (Å²) in [6.07, 6.45) is 3.17. The lowest BCUT2D eigenvalue weighted by Gasteiger charge is -2.18. The van der Waals surface area contributed by atoms with Crippen molar-refractivity contribution in [2.24, 2.45) is 11.8 Å². The Hall–Kier alpha value is -1.43. The Kier molecular flexibility index (Phi) is 5.09. The average Bonchev–Trinajstić information content (AvgIpc) is 2.31. The molecule has 0 saturated heterocycles. The molecule has 0 amide bonds. The molecule has 0 radical (unpaired) electrons. The summed E-state index contributed by atoms with van der Waals surface area (Å²) in [6.45, 7) is 6.31. The molecule has 0 aliphatic carbocycles. The van der Waals surface area contributed by atoms with Crippen molar-refractivity contribution in [3.05, 3.63) is 12.0 Å². The maximum Gasteiger partial charge on any atom is 0.239 e. The number of nitrogens with zero attached hydrogens (tertiary/aromatic N) is 2. The quantitative estimate of drug-likeness (QED) is 0.525. The molecule has 17 heavy (non-hydrogen) atoms. The summed E-state index contributed by atoms with van der Waals surface area (Å²) in [5.74, 6) is 5.68. The number of aromatic nitrogens is 2. The zero-order chi connectivity index (χ0) is 12.8. The maximum absolute atomic E-state index is 13.4. The Bertz CT molecular complexity index is 358. The fourth-order valence-corrected chi connectivity index (χ4v) is 1.60. The molecule has 0 aromatic carbocycles. The van der Waals surface area contributed by atoms with Crippen LogP contribution in [0.15, 0.2) is 6.20 Å². The van der Waals surface area contributed by atoms with Crippen molar-refractivity contribution < 1.29 is 4.39 Å². The van der Waals surface area contributed by atoms with Crippen LogP contribution in [0.3, 0.4) is 0 Å². The van der Waals surface area contributed by atoms with Gasteiger partial charge in [0.2, 0.25) is 5.95 Å². The van der Waals surface area contributed by atoms with Crippen molar-refractivity contribution in [2.75, 3.05) is 10.7 Å². The van der Waals surface area contributed by atoms with Crippen LogP contribution in [0.5, 0.6) is 0 Å². The Balaban J connectivity index is 2.66. The van der Waals surface area contributed by atoms with Gasteiger partial charge in [0.05, 0.1) is 6.20 Å². The summed E-state index contributed by atoms with van der Waals surface area (Å²) in [5.41, 5.74) is 2.29. The number of hydrazine groups is 1. The first-order valence-corrected chi connectivity index (χ1v) is 5.82. The van der Waals surface area contributed by atoms with Gasteiger partial charge in [-0.1, -0.05) is 20.3 Å². The minimum absolute atomic E-state index is 0.153. The molecular formula is C11H20FN5. The number of rotatable bonds is 6. The van der Waals surface area contributed by atoms with Crippen LogP contribution in [0, 0.1) is 11.7 Å². The zero-order valence-corrected chi connectivity index (χ0v) is 10.5. The van der Waals surface area contributed by atoms with Crippen LogP contribution in [0.2, 0.25) is 0 Å². The maximum atomic E-state index is 13.4. The lowest BCUT2D eigenvalue weighted by molar-refractivity contribution is 0.481. The van der Waals surface area contributed by atoms with Crippen LogP contribution in [-0.2, 0) is 0 Å². The van der Waals surface area contributed by atoms with Gasteiger partial charge >= 0.3 is 0 Å². The highest BCUT2D eigenvalue weighted by Gasteiger charge is 2.11. The van der Waals surface area contributed by atoms with Crippen molar-refractivity contribution in [1.82, 2.24) is 9.97 Å². The molecule has 6 heteroatoms. The van der Waals surface area contributed by atoms with Crippen molar-refractivity contribution >= 4 is 11.8 Å². The van der Waals surface area contributed by atoms with Crippen LogP contribution in [0.4, 0.5) is 16.2 Å². The third-order valence-electron chi connectivity index (χ3n) is 2.71. The van der Waals surface area contributed by atoms with Gasteiger partial charge in [0.15, 0.2) is 11.6 Å². The summed E-state index contributed by atoms with van der Waals surface area (Å²) in [7, 11) is 0. The lowest BCUT2D eigenvalue weighted by atomic mass is 10.0. The molecule has 1 heterocycles. The fraction of sp³-hybridized carbons (Fsp3) is 0.636. The van der Waals surface area contributed by atoms with Gasteiger partial charge in [-0.05, 0) is 19.3 Å². The predicted molar refractivity (Wildman–Crippen MR) is 67.0 cm³/mol. The number of hydrogen-bond acceptors (Lipinski definition) is 5. The van der Waals surface area contributed by atoms with Gasteiger partial charge in [-0.25, -0.2) is 15.2 Å². The molecule has 2 atom stereocenters. The molecular weight excluding hydrogens is 221 g/mol. The van der Waals surface area contributed by atoms with Crippen LogP contribution >= 0.6 is 0 Å². The molecule has 0 aliphatic heterocycles. The van der Waals surface area contributed by atoms with Gasteiger partial charge in [-0.15, -0.1) is 0 Å². The second-order valence-corrected chi connectivity index (χ2v) is 4.33. The Labute approximate surface area is 101 Å². The lowest BCUT2D eigenvalue weighted by Crippen LogP contribution is -2.21. The first-order valence-electron chi connectivity index (χ1n) is 5.82. The van der Waals surface area contributed by atoms with Crippen molar-refractivity contribution in [2.45, 2.75) is 39.7 Å². The van der Waals surface area contributed by atoms with E-state index in [2.05, 4.69) is 34.6 Å². The van der Waals surface area contributed by atoms with Gasteiger partial charge in [-0.3, -0.25) is 5.43 Å². The highest BCUT2D eigenvalue weighted by atomic mass is 19.1. The molecule has 0 saturated carbocycles. The first kappa shape index (κ1) is 13.6. The zero-order valence-electron chi connectivity index (χ0n) is 10.5. The monoisotopic (exact) mass is 241 g/mol. The molecule has 0 bridgehead atoms. The smallest absolute Gasteiger partial charge is 0.239 e. The van der Waals surface area contributed by atoms with E-state index in [9.17, 15) is 4.39 Å². The number of nitrogen functional groups attached to an aromatic ring is 1. The number of anilines is 2. The van der Waals surface area contributed by atoms with E-state index in [1.807, 2.05) is 6.92 Å². The first-order chi connectivity index (χ1) is 8.06. The molecule has 1 aromatic rings. The molecule has 2 unspecified atom stereocenters. The van der Waals surface area contributed by atoms with E-state index in [0.29, 0.717) is 5.92 Å². The highest BCUT2D eigenvalue weighted by Crippen LogP contribution is 2.16. The SMILES string of the molecule is CCC(C)CC(C)Nc1nc(NN)ncc1F. The summed E-state index contributed by atoms with van der Waals surface area (Å²) >= 11 is 0. The van der Waals surface area contributed by atoms with E-state index in [0.717, 1.165) is 19.0 Å². The number of nitrogens with two attached hydrogens (primary N) is 1. The molecule has 0 aliphatic rings. The molecule has 0 fully saturated rings. The third kappa shape index (κ3) is 4.14. The summed E-state index contributed by atoms with van der Waals surface area (Å²) in [6, 6.07) is 0.153. The Morgan fingerprint density at radius 1 is 1.47 bits per heavy atom. The largest absolute Gasteiger partial charge is 0.365 e. The minimum Gasteiger partial charge on any atom is -0.365 e. The fourth-order valence-electron chi connectivity index (χ4n) is 1.60. The average molecular weight is 241 g/mol. The minimum atomic E-state index is -0.472. The van der Waals surface area contributed by atoms with E-state index >= 15 is 0 Å². The van der Waals surface area contributed by atoms with E-state index in [1.54, 1.807) is 0 Å². The summed E-state index contributed by atoms with van der Waals surface area (Å²) in [5, 5.41) is 3.03.